The summed E-state index contributed by atoms with van der Waals surface area (Å²) in [5.74, 6) is -0.101. The third-order valence-electron chi connectivity index (χ3n) is 3.19. The van der Waals surface area contributed by atoms with Crippen molar-refractivity contribution in [3.05, 3.63) is 16.1 Å². The number of rotatable bonds is 3. The molecule has 88 valence electrons. The van der Waals surface area contributed by atoms with Crippen LogP contribution in [0.15, 0.2) is 5.51 Å². The normalized spacial score (nSPS) is 18.6. The third kappa shape index (κ3) is 2.10. The van der Waals surface area contributed by atoms with Crippen molar-refractivity contribution in [2.75, 3.05) is 6.61 Å². The summed E-state index contributed by atoms with van der Waals surface area (Å²) in [4.78, 5) is 16.7. The first-order chi connectivity index (χ1) is 7.67. The molecule has 0 spiro atoms. The van der Waals surface area contributed by atoms with Gasteiger partial charge in [0, 0.05) is 0 Å². The van der Waals surface area contributed by atoms with E-state index in [9.17, 15) is 9.90 Å². The zero-order valence-electron chi connectivity index (χ0n) is 9.32. The van der Waals surface area contributed by atoms with E-state index in [1.54, 1.807) is 5.51 Å². The topological polar surface area (TPSA) is 62.2 Å². The van der Waals surface area contributed by atoms with Gasteiger partial charge in [0.1, 0.15) is 4.88 Å². The molecule has 0 aliphatic heterocycles. The minimum absolute atomic E-state index is 0.0244. The molecule has 1 heterocycles. The molecule has 0 bridgehead atoms. The fraction of sp³-hybridized carbons (Fsp3) is 0.636. The van der Waals surface area contributed by atoms with E-state index in [0.717, 1.165) is 31.4 Å². The molecule has 0 saturated heterocycles. The van der Waals surface area contributed by atoms with Gasteiger partial charge in [-0.05, 0) is 19.8 Å². The van der Waals surface area contributed by atoms with E-state index in [1.807, 2.05) is 6.92 Å². The van der Waals surface area contributed by atoms with Crippen LogP contribution in [0.2, 0.25) is 0 Å². The predicted octanol–water partition coefficient (Wildman–Crippen LogP) is 1.49. The zero-order valence-corrected chi connectivity index (χ0v) is 10.1. The number of hydrogen-bond acceptors (Lipinski definition) is 4. The third-order valence-corrected chi connectivity index (χ3v) is 4.12. The number of hydrogen-bond donors (Lipinski definition) is 2. The average molecular weight is 240 g/mol. The Labute approximate surface area is 98.7 Å². The lowest BCUT2D eigenvalue weighted by Gasteiger charge is -2.27. The molecule has 1 aromatic rings. The Morgan fingerprint density at radius 2 is 2.31 bits per heavy atom. The van der Waals surface area contributed by atoms with Crippen LogP contribution >= 0.6 is 11.3 Å². The maximum atomic E-state index is 12.0. The maximum Gasteiger partial charge on any atom is 0.263 e. The first kappa shape index (κ1) is 11.5. The molecular weight excluding hydrogens is 224 g/mol. The van der Waals surface area contributed by atoms with E-state index in [0.29, 0.717) is 4.88 Å². The Bertz CT molecular complexity index is 383. The lowest BCUT2D eigenvalue weighted by Crippen LogP contribution is -2.49. The molecule has 16 heavy (non-hydrogen) atoms. The Morgan fingerprint density at radius 3 is 2.81 bits per heavy atom. The summed E-state index contributed by atoms with van der Waals surface area (Å²) in [5, 5.41) is 12.4. The van der Waals surface area contributed by atoms with Crippen LogP contribution in [0.1, 0.15) is 41.0 Å². The molecule has 0 radical (unpaired) electrons. The van der Waals surface area contributed by atoms with Crippen molar-refractivity contribution >= 4 is 17.2 Å². The monoisotopic (exact) mass is 240 g/mol. The quantitative estimate of drug-likeness (QED) is 0.841. The Morgan fingerprint density at radius 1 is 1.62 bits per heavy atom. The van der Waals surface area contributed by atoms with Gasteiger partial charge < -0.3 is 10.4 Å². The van der Waals surface area contributed by atoms with Crippen LogP contribution in [0.3, 0.4) is 0 Å². The molecule has 1 aliphatic rings. The molecule has 5 heteroatoms. The number of carbonyl (C=O) groups excluding carboxylic acids is 1. The standard InChI is InChI=1S/C11H16N2O2S/c1-8-9(16-7-12-8)10(15)13-11(6-14)4-2-3-5-11/h7,14H,2-6H2,1H3,(H,13,15). The van der Waals surface area contributed by atoms with Crippen molar-refractivity contribution in [3.8, 4) is 0 Å². The van der Waals surface area contributed by atoms with Crippen molar-refractivity contribution in [1.29, 1.82) is 0 Å². The molecule has 1 aromatic heterocycles. The van der Waals surface area contributed by atoms with Gasteiger partial charge >= 0.3 is 0 Å². The van der Waals surface area contributed by atoms with Gasteiger partial charge in [0.05, 0.1) is 23.4 Å². The van der Waals surface area contributed by atoms with E-state index >= 15 is 0 Å². The highest BCUT2D eigenvalue weighted by Crippen LogP contribution is 2.29. The van der Waals surface area contributed by atoms with Crippen LogP contribution in [-0.2, 0) is 0 Å². The molecule has 1 aliphatic carbocycles. The van der Waals surface area contributed by atoms with Crippen LogP contribution in [0.25, 0.3) is 0 Å². The molecule has 0 aromatic carbocycles. The van der Waals surface area contributed by atoms with Gasteiger partial charge in [-0.25, -0.2) is 4.98 Å². The molecule has 1 fully saturated rings. The first-order valence-corrected chi connectivity index (χ1v) is 6.38. The average Bonchev–Trinajstić information content (AvgIpc) is 2.87. The minimum atomic E-state index is -0.395. The summed E-state index contributed by atoms with van der Waals surface area (Å²) in [7, 11) is 0. The number of carbonyl (C=O) groups is 1. The van der Waals surface area contributed by atoms with Gasteiger partial charge in [-0.1, -0.05) is 12.8 Å². The zero-order chi connectivity index (χ0) is 11.6. The number of aromatic nitrogens is 1. The summed E-state index contributed by atoms with van der Waals surface area (Å²) < 4.78 is 0. The predicted molar refractivity (Wildman–Crippen MR) is 62.6 cm³/mol. The molecule has 0 atom stereocenters. The van der Waals surface area contributed by atoms with Gasteiger partial charge in [0.15, 0.2) is 0 Å². The van der Waals surface area contributed by atoms with E-state index in [-0.39, 0.29) is 12.5 Å². The second-order valence-corrected chi connectivity index (χ2v) is 5.22. The molecule has 0 unspecified atom stereocenters. The number of aryl methyl sites for hydroxylation is 1. The Hall–Kier alpha value is -0.940. The van der Waals surface area contributed by atoms with Gasteiger partial charge in [-0.2, -0.15) is 0 Å². The molecular formula is C11H16N2O2S. The van der Waals surface area contributed by atoms with E-state index < -0.39 is 5.54 Å². The fourth-order valence-corrected chi connectivity index (χ4v) is 2.89. The number of aliphatic hydroxyl groups is 1. The van der Waals surface area contributed by atoms with Gasteiger partial charge in [-0.15, -0.1) is 11.3 Å². The second-order valence-electron chi connectivity index (χ2n) is 4.37. The second kappa shape index (κ2) is 4.51. The number of thiazole rings is 1. The van der Waals surface area contributed by atoms with Crippen LogP contribution < -0.4 is 5.32 Å². The van der Waals surface area contributed by atoms with Crippen LogP contribution in [0.4, 0.5) is 0 Å². The van der Waals surface area contributed by atoms with Gasteiger partial charge in [0.25, 0.3) is 5.91 Å². The van der Waals surface area contributed by atoms with Crippen molar-refractivity contribution in [2.24, 2.45) is 0 Å². The lowest BCUT2D eigenvalue weighted by atomic mass is 9.99. The molecule has 2 rings (SSSR count). The van der Waals surface area contributed by atoms with Crippen LogP contribution in [0, 0.1) is 6.92 Å². The van der Waals surface area contributed by atoms with Crippen molar-refractivity contribution < 1.29 is 9.90 Å². The molecule has 1 saturated carbocycles. The van der Waals surface area contributed by atoms with Gasteiger partial charge in [-0.3, -0.25) is 4.79 Å². The highest BCUT2D eigenvalue weighted by atomic mass is 32.1. The van der Waals surface area contributed by atoms with E-state index in [4.69, 9.17) is 0 Å². The summed E-state index contributed by atoms with van der Waals surface area (Å²) >= 11 is 1.35. The van der Waals surface area contributed by atoms with Crippen molar-refractivity contribution in [1.82, 2.24) is 10.3 Å². The smallest absolute Gasteiger partial charge is 0.263 e. The van der Waals surface area contributed by atoms with Crippen molar-refractivity contribution in [3.63, 3.8) is 0 Å². The fourth-order valence-electron chi connectivity index (χ4n) is 2.19. The Kier molecular flexibility index (Phi) is 3.25. The molecule has 4 nitrogen and oxygen atoms in total. The number of amides is 1. The summed E-state index contributed by atoms with van der Waals surface area (Å²) in [5.41, 5.74) is 2.03. The van der Waals surface area contributed by atoms with Crippen LogP contribution in [-0.4, -0.2) is 28.1 Å². The first-order valence-electron chi connectivity index (χ1n) is 5.50. The highest BCUT2D eigenvalue weighted by molar-refractivity contribution is 7.11. The van der Waals surface area contributed by atoms with Crippen LogP contribution in [0.5, 0.6) is 0 Å². The largest absolute Gasteiger partial charge is 0.394 e. The van der Waals surface area contributed by atoms with Crippen molar-refractivity contribution in [2.45, 2.75) is 38.1 Å². The number of aliphatic hydroxyl groups excluding tert-OH is 1. The minimum Gasteiger partial charge on any atom is -0.394 e. The SMILES string of the molecule is Cc1ncsc1C(=O)NC1(CO)CCCC1. The lowest BCUT2D eigenvalue weighted by molar-refractivity contribution is 0.0842. The Balaban J connectivity index is 2.09. The molecule has 2 N–H and O–H groups in total. The van der Waals surface area contributed by atoms with E-state index in [1.165, 1.54) is 11.3 Å². The maximum absolute atomic E-state index is 12.0. The summed E-state index contributed by atoms with van der Waals surface area (Å²) in [6.45, 7) is 1.85. The summed E-state index contributed by atoms with van der Waals surface area (Å²) in [6.07, 6.45) is 3.88. The van der Waals surface area contributed by atoms with Gasteiger partial charge in [0.2, 0.25) is 0 Å². The highest BCUT2D eigenvalue weighted by Gasteiger charge is 2.35. The summed E-state index contributed by atoms with van der Waals surface area (Å²) in [6, 6.07) is 0. The number of nitrogens with one attached hydrogen (secondary N) is 1. The molecule has 1 amide bonds. The van der Waals surface area contributed by atoms with E-state index in [2.05, 4.69) is 10.3 Å². The number of nitrogens with zero attached hydrogens (tertiary/aromatic N) is 1.